The van der Waals surface area contributed by atoms with E-state index >= 15 is 0 Å². The highest BCUT2D eigenvalue weighted by atomic mass is 32.2. The van der Waals surface area contributed by atoms with E-state index < -0.39 is 10.0 Å². The molecule has 0 saturated heterocycles. The van der Waals surface area contributed by atoms with Gasteiger partial charge in [0.15, 0.2) is 11.5 Å². The normalized spacial score (nSPS) is 11.4. The molecule has 0 radical (unpaired) electrons. The number of hydrogen-bond donors (Lipinski definition) is 2. The molecule has 3 aromatic carbocycles. The van der Waals surface area contributed by atoms with Gasteiger partial charge in [-0.1, -0.05) is 24.3 Å². The van der Waals surface area contributed by atoms with Crippen molar-refractivity contribution in [3.8, 4) is 22.9 Å². The number of aromatic nitrogens is 2. The fourth-order valence-electron chi connectivity index (χ4n) is 3.02. The molecule has 0 spiro atoms. The van der Waals surface area contributed by atoms with E-state index in [1.807, 2.05) is 30.3 Å². The van der Waals surface area contributed by atoms with E-state index in [0.717, 1.165) is 16.6 Å². The van der Waals surface area contributed by atoms with Crippen LogP contribution in [0.5, 0.6) is 11.5 Å². The molecule has 0 aliphatic heterocycles. The molecule has 0 aliphatic rings. The van der Waals surface area contributed by atoms with Crippen LogP contribution in [0.3, 0.4) is 0 Å². The van der Waals surface area contributed by atoms with E-state index in [0.29, 0.717) is 23.0 Å². The molecule has 1 aromatic heterocycles. The number of aromatic amines is 1. The van der Waals surface area contributed by atoms with Crippen LogP contribution in [0.15, 0.2) is 71.6 Å². The van der Waals surface area contributed by atoms with Crippen LogP contribution in [0, 0.1) is 0 Å². The number of nitrogens with one attached hydrogen (secondary N) is 2. The summed E-state index contributed by atoms with van der Waals surface area (Å²) in [6.07, 6.45) is 0. The van der Waals surface area contributed by atoms with Crippen molar-refractivity contribution < 1.29 is 17.9 Å². The summed E-state index contributed by atoms with van der Waals surface area (Å²) < 4.78 is 38.6. The number of methoxy groups -OCH3 is 2. The number of nitrogens with zero attached hydrogens (tertiary/aromatic N) is 1. The molecule has 29 heavy (non-hydrogen) atoms. The van der Waals surface area contributed by atoms with Crippen molar-refractivity contribution in [3.05, 3.63) is 66.7 Å². The van der Waals surface area contributed by atoms with Crippen LogP contribution in [-0.2, 0) is 10.0 Å². The Kier molecular flexibility index (Phi) is 4.85. The summed E-state index contributed by atoms with van der Waals surface area (Å²) in [5, 5.41) is 0. The van der Waals surface area contributed by atoms with Gasteiger partial charge in [-0.2, -0.15) is 0 Å². The standard InChI is InChI=1S/C21H19N3O4S/c1-27-19-11-10-16(13-20(19)28-2)29(25,26)24-15-7-5-6-14(12-15)21-22-17-8-3-4-9-18(17)23-21/h3-13,24H,1-2H3,(H,22,23). The minimum Gasteiger partial charge on any atom is -0.493 e. The Bertz CT molecular complexity index is 1250. The van der Waals surface area contributed by atoms with Crippen LogP contribution in [-0.4, -0.2) is 32.6 Å². The number of anilines is 1. The number of para-hydroxylation sites is 2. The predicted octanol–water partition coefficient (Wildman–Crippen LogP) is 4.05. The fraction of sp³-hybridized carbons (Fsp3) is 0.0952. The number of rotatable bonds is 6. The quantitative estimate of drug-likeness (QED) is 0.501. The highest BCUT2D eigenvalue weighted by Crippen LogP contribution is 2.30. The molecule has 0 aliphatic carbocycles. The first-order valence-corrected chi connectivity index (χ1v) is 10.3. The lowest BCUT2D eigenvalue weighted by Crippen LogP contribution is -2.13. The Morgan fingerprint density at radius 3 is 2.45 bits per heavy atom. The second-order valence-electron chi connectivity index (χ2n) is 6.31. The average molecular weight is 409 g/mol. The number of imidazole rings is 1. The minimum atomic E-state index is -3.81. The van der Waals surface area contributed by atoms with Crippen LogP contribution < -0.4 is 14.2 Å². The van der Waals surface area contributed by atoms with Gasteiger partial charge in [-0.05, 0) is 36.4 Å². The SMILES string of the molecule is COc1ccc(S(=O)(=O)Nc2cccc(-c3nc4ccccc4[nH]3)c2)cc1OC. The summed E-state index contributed by atoms with van der Waals surface area (Å²) >= 11 is 0. The Balaban J connectivity index is 1.65. The third kappa shape index (κ3) is 3.74. The van der Waals surface area contributed by atoms with Crippen LogP contribution in [0.2, 0.25) is 0 Å². The highest BCUT2D eigenvalue weighted by Gasteiger charge is 2.18. The van der Waals surface area contributed by atoms with Crippen molar-refractivity contribution in [2.45, 2.75) is 4.90 Å². The topological polar surface area (TPSA) is 93.3 Å². The first-order valence-electron chi connectivity index (χ1n) is 8.80. The number of hydrogen-bond acceptors (Lipinski definition) is 5. The summed E-state index contributed by atoms with van der Waals surface area (Å²) in [6.45, 7) is 0. The van der Waals surface area contributed by atoms with E-state index in [4.69, 9.17) is 9.47 Å². The van der Waals surface area contributed by atoms with Crippen molar-refractivity contribution in [1.29, 1.82) is 0 Å². The van der Waals surface area contributed by atoms with Crippen molar-refractivity contribution in [2.75, 3.05) is 18.9 Å². The molecule has 0 bridgehead atoms. The zero-order chi connectivity index (χ0) is 20.4. The lowest BCUT2D eigenvalue weighted by Gasteiger charge is -2.12. The molecule has 4 rings (SSSR count). The summed E-state index contributed by atoms with van der Waals surface area (Å²) in [7, 11) is -0.860. The molecule has 148 valence electrons. The maximum Gasteiger partial charge on any atom is 0.262 e. The molecule has 0 atom stereocenters. The zero-order valence-corrected chi connectivity index (χ0v) is 16.7. The van der Waals surface area contributed by atoms with E-state index in [1.165, 1.54) is 26.4 Å². The molecule has 2 N–H and O–H groups in total. The minimum absolute atomic E-state index is 0.0734. The fourth-order valence-corrected chi connectivity index (χ4v) is 4.08. The molecular weight excluding hydrogens is 390 g/mol. The second kappa shape index (κ2) is 7.48. The Morgan fingerprint density at radius 1 is 0.897 bits per heavy atom. The summed E-state index contributed by atoms with van der Waals surface area (Å²) in [5.41, 5.74) is 2.96. The maximum atomic E-state index is 12.8. The first-order chi connectivity index (χ1) is 14.0. The van der Waals surface area contributed by atoms with Gasteiger partial charge < -0.3 is 14.5 Å². The van der Waals surface area contributed by atoms with E-state index in [1.54, 1.807) is 24.3 Å². The monoisotopic (exact) mass is 409 g/mol. The van der Waals surface area contributed by atoms with Gasteiger partial charge in [0, 0.05) is 17.3 Å². The van der Waals surface area contributed by atoms with Gasteiger partial charge in [-0.25, -0.2) is 13.4 Å². The number of sulfonamides is 1. The van der Waals surface area contributed by atoms with Gasteiger partial charge in [0.1, 0.15) is 5.82 Å². The molecule has 8 heteroatoms. The van der Waals surface area contributed by atoms with Gasteiger partial charge in [0.2, 0.25) is 0 Å². The number of benzene rings is 3. The predicted molar refractivity (Wildman–Crippen MR) is 112 cm³/mol. The van der Waals surface area contributed by atoms with E-state index in [-0.39, 0.29) is 4.90 Å². The van der Waals surface area contributed by atoms with Crippen LogP contribution in [0.4, 0.5) is 5.69 Å². The Labute approximate surface area is 168 Å². The summed E-state index contributed by atoms with van der Waals surface area (Å²) in [5.74, 6) is 1.46. The van der Waals surface area contributed by atoms with Gasteiger partial charge in [0.05, 0.1) is 30.1 Å². The van der Waals surface area contributed by atoms with Crippen LogP contribution in [0.25, 0.3) is 22.4 Å². The molecule has 7 nitrogen and oxygen atoms in total. The molecule has 0 saturated carbocycles. The van der Waals surface area contributed by atoms with Crippen molar-refractivity contribution in [1.82, 2.24) is 9.97 Å². The van der Waals surface area contributed by atoms with Gasteiger partial charge in [0.25, 0.3) is 10.0 Å². The summed E-state index contributed by atoms with van der Waals surface area (Å²) in [4.78, 5) is 7.87. The lowest BCUT2D eigenvalue weighted by molar-refractivity contribution is 0.354. The molecule has 0 fully saturated rings. The number of fused-ring (bicyclic) bond motifs is 1. The second-order valence-corrected chi connectivity index (χ2v) is 7.99. The van der Waals surface area contributed by atoms with Crippen molar-refractivity contribution in [2.24, 2.45) is 0 Å². The maximum absolute atomic E-state index is 12.8. The third-order valence-corrected chi connectivity index (χ3v) is 5.82. The van der Waals surface area contributed by atoms with E-state index in [9.17, 15) is 8.42 Å². The largest absolute Gasteiger partial charge is 0.493 e. The first kappa shape index (κ1) is 18.8. The summed E-state index contributed by atoms with van der Waals surface area (Å²) in [6, 6.07) is 19.2. The highest BCUT2D eigenvalue weighted by molar-refractivity contribution is 7.92. The van der Waals surface area contributed by atoms with Crippen molar-refractivity contribution >= 4 is 26.7 Å². The number of H-pyrrole nitrogens is 1. The zero-order valence-electron chi connectivity index (χ0n) is 15.8. The third-order valence-electron chi connectivity index (χ3n) is 4.44. The molecule has 0 unspecified atom stereocenters. The smallest absolute Gasteiger partial charge is 0.262 e. The van der Waals surface area contributed by atoms with Crippen LogP contribution >= 0.6 is 0 Å². The Hall–Kier alpha value is -3.52. The van der Waals surface area contributed by atoms with Gasteiger partial charge in [-0.15, -0.1) is 0 Å². The van der Waals surface area contributed by atoms with Crippen molar-refractivity contribution in [3.63, 3.8) is 0 Å². The molecular formula is C21H19N3O4S. The van der Waals surface area contributed by atoms with Crippen LogP contribution in [0.1, 0.15) is 0 Å². The average Bonchev–Trinajstić information content (AvgIpc) is 3.17. The molecule has 1 heterocycles. The lowest BCUT2D eigenvalue weighted by atomic mass is 10.2. The molecule has 4 aromatic rings. The van der Waals surface area contributed by atoms with E-state index in [2.05, 4.69) is 14.7 Å². The van der Waals surface area contributed by atoms with Gasteiger partial charge >= 0.3 is 0 Å². The molecule has 0 amide bonds. The van der Waals surface area contributed by atoms with Gasteiger partial charge in [-0.3, -0.25) is 4.72 Å². The number of ether oxygens (including phenoxy) is 2. The Morgan fingerprint density at radius 2 is 1.69 bits per heavy atom.